The van der Waals surface area contributed by atoms with Crippen molar-refractivity contribution in [1.82, 2.24) is 14.6 Å². The predicted molar refractivity (Wildman–Crippen MR) is 72.7 cm³/mol. The lowest BCUT2D eigenvalue weighted by Crippen LogP contribution is -2.06. The van der Waals surface area contributed by atoms with E-state index in [2.05, 4.69) is 24.0 Å². The summed E-state index contributed by atoms with van der Waals surface area (Å²) in [7, 11) is 1.34. The average molecular weight is 282 g/mol. The largest absolute Gasteiger partial charge is 0.465 e. The molecule has 0 saturated carbocycles. The van der Waals surface area contributed by atoms with Gasteiger partial charge in [0.05, 0.1) is 17.7 Å². The number of ether oxygens (including phenoxy) is 1. The summed E-state index contributed by atoms with van der Waals surface area (Å²) in [5, 5.41) is 8.65. The van der Waals surface area contributed by atoms with E-state index in [9.17, 15) is 4.79 Å². The highest BCUT2D eigenvalue weighted by atomic mass is 35.5. The molecule has 2 aromatic heterocycles. The summed E-state index contributed by atoms with van der Waals surface area (Å²) >= 11 is 6.13. The summed E-state index contributed by atoms with van der Waals surface area (Å²) in [6.45, 7) is 4.20. The first-order valence-electron chi connectivity index (χ1n) is 6.21. The second-order valence-electron chi connectivity index (χ2n) is 4.51. The van der Waals surface area contributed by atoms with Crippen molar-refractivity contribution in [2.75, 3.05) is 7.11 Å². The third kappa shape index (κ3) is 2.56. The molecule has 1 atom stereocenters. The Kier molecular flexibility index (Phi) is 4.04. The maximum absolute atomic E-state index is 11.6. The van der Waals surface area contributed by atoms with Crippen LogP contribution < -0.4 is 0 Å². The van der Waals surface area contributed by atoms with Crippen LogP contribution in [0.25, 0.3) is 5.65 Å². The van der Waals surface area contributed by atoms with Crippen LogP contribution in [0, 0.1) is 0 Å². The maximum atomic E-state index is 11.6. The van der Waals surface area contributed by atoms with Crippen LogP contribution in [0.3, 0.4) is 0 Å². The van der Waals surface area contributed by atoms with Gasteiger partial charge in [0.25, 0.3) is 0 Å². The van der Waals surface area contributed by atoms with Gasteiger partial charge >= 0.3 is 5.97 Å². The molecule has 5 nitrogen and oxygen atoms in total. The zero-order chi connectivity index (χ0) is 14.0. The van der Waals surface area contributed by atoms with Crippen molar-refractivity contribution in [3.05, 3.63) is 28.7 Å². The zero-order valence-electron chi connectivity index (χ0n) is 11.2. The van der Waals surface area contributed by atoms with Crippen molar-refractivity contribution in [3.63, 3.8) is 0 Å². The Labute approximate surface area is 116 Å². The second-order valence-corrected chi connectivity index (χ2v) is 4.92. The Bertz CT molecular complexity index is 609. The van der Waals surface area contributed by atoms with Crippen LogP contribution in [0.15, 0.2) is 12.3 Å². The van der Waals surface area contributed by atoms with Crippen molar-refractivity contribution in [2.24, 2.45) is 0 Å². The number of methoxy groups -OCH3 is 1. The molecule has 2 heterocycles. The van der Waals surface area contributed by atoms with E-state index in [1.165, 1.54) is 7.11 Å². The molecule has 0 spiro atoms. The number of fused-ring (bicyclic) bond motifs is 1. The van der Waals surface area contributed by atoms with Gasteiger partial charge in [0, 0.05) is 12.1 Å². The normalized spacial score (nSPS) is 12.6. The molecule has 0 saturated heterocycles. The van der Waals surface area contributed by atoms with Gasteiger partial charge in [-0.25, -0.2) is 4.79 Å². The first-order chi connectivity index (χ1) is 9.08. The maximum Gasteiger partial charge on any atom is 0.339 e. The molecular weight excluding hydrogens is 266 g/mol. The molecule has 1 unspecified atom stereocenters. The zero-order valence-corrected chi connectivity index (χ0v) is 11.9. The Balaban J connectivity index is 2.56. The standard InChI is InChI=1S/C13H16ClN3O2/c1-4-5-8(2)11-15-16-12-10(14)6-9(7-17(11)12)13(18)19-3/h6-8H,4-5H2,1-3H3. The molecule has 0 radical (unpaired) electrons. The van der Waals surface area contributed by atoms with Crippen LogP contribution in [0.2, 0.25) is 5.02 Å². The Morgan fingerprint density at radius 1 is 1.53 bits per heavy atom. The number of rotatable bonds is 4. The third-order valence-corrected chi connectivity index (χ3v) is 3.35. The number of nitrogens with zero attached hydrogens (tertiary/aromatic N) is 3. The number of pyridine rings is 1. The van der Waals surface area contributed by atoms with Crippen molar-refractivity contribution in [3.8, 4) is 0 Å². The number of halogens is 1. The molecule has 0 aliphatic carbocycles. The van der Waals surface area contributed by atoms with Crippen LogP contribution in [0.5, 0.6) is 0 Å². The van der Waals surface area contributed by atoms with Gasteiger partial charge in [-0.1, -0.05) is 31.9 Å². The molecule has 6 heteroatoms. The molecule has 19 heavy (non-hydrogen) atoms. The summed E-state index contributed by atoms with van der Waals surface area (Å²) in [4.78, 5) is 11.6. The van der Waals surface area contributed by atoms with E-state index in [1.807, 2.05) is 0 Å². The highest BCUT2D eigenvalue weighted by molar-refractivity contribution is 6.33. The molecule has 0 aliphatic rings. The molecule has 0 amide bonds. The molecular formula is C13H16ClN3O2. The number of carbonyl (C=O) groups excluding carboxylic acids is 1. The summed E-state index contributed by atoms with van der Waals surface area (Å²) in [5.74, 6) is 0.639. The highest BCUT2D eigenvalue weighted by Crippen LogP contribution is 2.24. The van der Waals surface area contributed by atoms with Gasteiger partial charge in [0.2, 0.25) is 0 Å². The lowest BCUT2D eigenvalue weighted by molar-refractivity contribution is 0.0600. The molecule has 0 bridgehead atoms. The minimum absolute atomic E-state index is 0.254. The number of aromatic nitrogens is 3. The Hall–Kier alpha value is -1.62. The van der Waals surface area contributed by atoms with Gasteiger partial charge in [-0.05, 0) is 12.5 Å². The van der Waals surface area contributed by atoms with Crippen molar-refractivity contribution >= 4 is 23.2 Å². The Morgan fingerprint density at radius 3 is 2.89 bits per heavy atom. The van der Waals surface area contributed by atoms with Gasteiger partial charge in [-0.15, -0.1) is 10.2 Å². The van der Waals surface area contributed by atoms with Gasteiger partial charge < -0.3 is 4.74 Å². The number of hydrogen-bond acceptors (Lipinski definition) is 4. The minimum Gasteiger partial charge on any atom is -0.465 e. The lowest BCUT2D eigenvalue weighted by atomic mass is 10.1. The lowest BCUT2D eigenvalue weighted by Gasteiger charge is -2.09. The molecule has 0 aromatic carbocycles. The van der Waals surface area contributed by atoms with E-state index in [-0.39, 0.29) is 5.92 Å². The van der Waals surface area contributed by atoms with E-state index < -0.39 is 5.97 Å². The summed E-state index contributed by atoms with van der Waals surface area (Å²) in [6.07, 6.45) is 3.73. The topological polar surface area (TPSA) is 56.5 Å². The SMILES string of the molecule is CCCC(C)c1nnc2c(Cl)cc(C(=O)OC)cn12. The molecule has 2 aromatic rings. The molecule has 2 rings (SSSR count). The fourth-order valence-electron chi connectivity index (χ4n) is 2.10. The number of esters is 1. The minimum atomic E-state index is -0.424. The smallest absolute Gasteiger partial charge is 0.339 e. The summed E-state index contributed by atoms with van der Waals surface area (Å²) < 4.78 is 6.49. The third-order valence-electron chi connectivity index (χ3n) is 3.07. The highest BCUT2D eigenvalue weighted by Gasteiger charge is 2.17. The monoisotopic (exact) mass is 281 g/mol. The van der Waals surface area contributed by atoms with E-state index in [1.54, 1.807) is 16.7 Å². The van der Waals surface area contributed by atoms with Crippen LogP contribution in [-0.4, -0.2) is 27.7 Å². The molecule has 102 valence electrons. The van der Waals surface area contributed by atoms with Gasteiger partial charge in [-0.2, -0.15) is 0 Å². The molecule has 0 aliphatic heterocycles. The average Bonchev–Trinajstić information content (AvgIpc) is 2.82. The van der Waals surface area contributed by atoms with Crippen molar-refractivity contribution < 1.29 is 9.53 Å². The summed E-state index contributed by atoms with van der Waals surface area (Å²) in [5.41, 5.74) is 0.956. The van der Waals surface area contributed by atoms with E-state index in [0.717, 1.165) is 18.7 Å². The molecule has 0 fully saturated rings. The second kappa shape index (κ2) is 5.57. The Morgan fingerprint density at radius 2 is 2.26 bits per heavy atom. The van der Waals surface area contributed by atoms with E-state index in [4.69, 9.17) is 16.3 Å². The van der Waals surface area contributed by atoms with Gasteiger partial charge in [0.1, 0.15) is 5.82 Å². The number of hydrogen-bond donors (Lipinski definition) is 0. The van der Waals surface area contributed by atoms with Crippen LogP contribution in [0.4, 0.5) is 0 Å². The molecule has 0 N–H and O–H groups in total. The van der Waals surface area contributed by atoms with Gasteiger partial charge in [0.15, 0.2) is 5.65 Å². The van der Waals surface area contributed by atoms with Crippen molar-refractivity contribution in [1.29, 1.82) is 0 Å². The fraction of sp³-hybridized carbons (Fsp3) is 0.462. The number of carbonyl (C=O) groups is 1. The quantitative estimate of drug-likeness (QED) is 0.808. The first-order valence-corrected chi connectivity index (χ1v) is 6.58. The first kappa shape index (κ1) is 13.8. The van der Waals surface area contributed by atoms with E-state index in [0.29, 0.717) is 16.2 Å². The van der Waals surface area contributed by atoms with Crippen LogP contribution in [0.1, 0.15) is 48.8 Å². The van der Waals surface area contributed by atoms with E-state index >= 15 is 0 Å². The van der Waals surface area contributed by atoms with Crippen molar-refractivity contribution in [2.45, 2.75) is 32.6 Å². The van der Waals surface area contributed by atoms with Crippen LogP contribution in [-0.2, 0) is 4.74 Å². The van der Waals surface area contributed by atoms with Gasteiger partial charge in [-0.3, -0.25) is 4.40 Å². The van der Waals surface area contributed by atoms with Crippen LogP contribution >= 0.6 is 11.6 Å². The summed E-state index contributed by atoms with van der Waals surface area (Å²) in [6, 6.07) is 1.55. The fourth-order valence-corrected chi connectivity index (χ4v) is 2.34. The predicted octanol–water partition coefficient (Wildman–Crippen LogP) is 3.07.